The van der Waals surface area contributed by atoms with Crippen LogP contribution in [0.15, 0.2) is 18.2 Å². The number of carbonyl (C=O) groups is 1. The highest BCUT2D eigenvalue weighted by molar-refractivity contribution is 7.91. The van der Waals surface area contributed by atoms with Crippen LogP contribution >= 0.6 is 11.3 Å². The second kappa shape index (κ2) is 7.24. The Morgan fingerprint density at radius 3 is 2.62 bits per heavy atom. The van der Waals surface area contributed by atoms with Crippen LogP contribution in [0.25, 0.3) is 10.6 Å². The topological polar surface area (TPSA) is 94.6 Å². The summed E-state index contributed by atoms with van der Waals surface area (Å²) in [6.45, 7) is 1.82. The van der Waals surface area contributed by atoms with Crippen LogP contribution in [0.3, 0.4) is 0 Å². The summed E-state index contributed by atoms with van der Waals surface area (Å²) in [4.78, 5) is 17.7. The van der Waals surface area contributed by atoms with Crippen molar-refractivity contribution >= 4 is 27.1 Å². The SMILES string of the molecule is COc1ccc(-c2nc(C(=O)N[C@H]3CCS(=O)(=O)C3)c(C)s2)cc1OC. The fourth-order valence-electron chi connectivity index (χ4n) is 2.86. The number of aryl methyl sites for hydroxylation is 1. The number of nitrogens with zero attached hydrogens (tertiary/aromatic N) is 1. The first kappa shape index (κ1) is 18.7. The van der Waals surface area contributed by atoms with Gasteiger partial charge in [-0.05, 0) is 31.5 Å². The van der Waals surface area contributed by atoms with E-state index in [9.17, 15) is 13.2 Å². The van der Waals surface area contributed by atoms with Gasteiger partial charge in [-0.2, -0.15) is 0 Å². The van der Waals surface area contributed by atoms with E-state index in [0.717, 1.165) is 10.4 Å². The van der Waals surface area contributed by atoms with Crippen LogP contribution in [-0.4, -0.2) is 51.1 Å². The van der Waals surface area contributed by atoms with Gasteiger partial charge in [0.15, 0.2) is 21.3 Å². The number of aromatic nitrogens is 1. The fraction of sp³-hybridized carbons (Fsp3) is 0.412. The number of rotatable bonds is 5. The Kier molecular flexibility index (Phi) is 5.19. The molecular formula is C17H20N2O5S2. The van der Waals surface area contributed by atoms with Crippen LogP contribution in [0.5, 0.6) is 11.5 Å². The first-order valence-electron chi connectivity index (χ1n) is 8.04. The fourth-order valence-corrected chi connectivity index (χ4v) is 5.44. The summed E-state index contributed by atoms with van der Waals surface area (Å²) < 4.78 is 33.6. The summed E-state index contributed by atoms with van der Waals surface area (Å²) in [6, 6.07) is 5.10. The lowest BCUT2D eigenvalue weighted by Gasteiger charge is -2.09. The van der Waals surface area contributed by atoms with Crippen molar-refractivity contribution in [1.82, 2.24) is 10.3 Å². The van der Waals surface area contributed by atoms with E-state index in [0.29, 0.717) is 28.6 Å². The zero-order valence-electron chi connectivity index (χ0n) is 14.7. The molecule has 2 heterocycles. The Bertz CT molecular complexity index is 937. The Morgan fingerprint density at radius 1 is 1.27 bits per heavy atom. The third-order valence-electron chi connectivity index (χ3n) is 4.21. The lowest BCUT2D eigenvalue weighted by Crippen LogP contribution is -2.36. The lowest BCUT2D eigenvalue weighted by molar-refractivity contribution is 0.0936. The normalized spacial score (nSPS) is 18.5. The van der Waals surface area contributed by atoms with Gasteiger partial charge in [-0.15, -0.1) is 11.3 Å². The highest BCUT2D eigenvalue weighted by atomic mass is 32.2. The monoisotopic (exact) mass is 396 g/mol. The molecular weight excluding hydrogens is 376 g/mol. The molecule has 1 atom stereocenters. The molecule has 1 aromatic heterocycles. The zero-order valence-corrected chi connectivity index (χ0v) is 16.4. The smallest absolute Gasteiger partial charge is 0.271 e. The maximum atomic E-state index is 12.5. The first-order chi connectivity index (χ1) is 12.3. The number of hydrogen-bond donors (Lipinski definition) is 1. The number of nitrogens with one attached hydrogen (secondary N) is 1. The molecule has 0 unspecified atom stereocenters. The Hall–Kier alpha value is -2.13. The van der Waals surface area contributed by atoms with Crippen molar-refractivity contribution in [3.63, 3.8) is 0 Å². The number of carbonyl (C=O) groups excluding carboxylic acids is 1. The third kappa shape index (κ3) is 3.83. The van der Waals surface area contributed by atoms with Gasteiger partial charge in [-0.1, -0.05) is 0 Å². The van der Waals surface area contributed by atoms with Crippen molar-refractivity contribution in [3.05, 3.63) is 28.8 Å². The van der Waals surface area contributed by atoms with Gasteiger partial charge in [-0.3, -0.25) is 4.79 Å². The van der Waals surface area contributed by atoms with Gasteiger partial charge in [0.05, 0.1) is 25.7 Å². The molecule has 9 heteroatoms. The van der Waals surface area contributed by atoms with Crippen molar-refractivity contribution in [2.75, 3.05) is 25.7 Å². The van der Waals surface area contributed by atoms with E-state index in [1.54, 1.807) is 20.3 Å². The second-order valence-corrected chi connectivity index (χ2v) is 9.50. The largest absolute Gasteiger partial charge is 0.493 e. The number of amides is 1. The van der Waals surface area contributed by atoms with Gasteiger partial charge in [0.2, 0.25) is 0 Å². The lowest BCUT2D eigenvalue weighted by atomic mass is 10.2. The molecule has 2 aromatic rings. The van der Waals surface area contributed by atoms with Gasteiger partial charge >= 0.3 is 0 Å². The summed E-state index contributed by atoms with van der Waals surface area (Å²) in [5, 5.41) is 3.47. The molecule has 0 radical (unpaired) electrons. The molecule has 1 aliphatic heterocycles. The van der Waals surface area contributed by atoms with E-state index in [2.05, 4.69) is 10.3 Å². The van der Waals surface area contributed by atoms with Crippen molar-refractivity contribution in [1.29, 1.82) is 0 Å². The molecule has 1 N–H and O–H groups in total. The Balaban J connectivity index is 1.82. The Labute approximate surface area is 156 Å². The molecule has 0 saturated carbocycles. The van der Waals surface area contributed by atoms with E-state index in [1.165, 1.54) is 11.3 Å². The van der Waals surface area contributed by atoms with E-state index in [4.69, 9.17) is 9.47 Å². The Morgan fingerprint density at radius 2 is 2.00 bits per heavy atom. The summed E-state index contributed by atoms with van der Waals surface area (Å²) in [5.74, 6) is 0.965. The van der Waals surface area contributed by atoms with Crippen LogP contribution in [0.4, 0.5) is 0 Å². The van der Waals surface area contributed by atoms with Crippen LogP contribution in [0.2, 0.25) is 0 Å². The minimum absolute atomic E-state index is 0.00946. The maximum absolute atomic E-state index is 12.5. The molecule has 1 amide bonds. The molecule has 140 valence electrons. The number of sulfone groups is 1. The molecule has 1 aromatic carbocycles. The average molecular weight is 396 g/mol. The van der Waals surface area contributed by atoms with Crippen LogP contribution in [0, 0.1) is 6.92 Å². The summed E-state index contributed by atoms with van der Waals surface area (Å²) >= 11 is 1.40. The van der Waals surface area contributed by atoms with Gasteiger partial charge in [0, 0.05) is 16.5 Å². The first-order valence-corrected chi connectivity index (χ1v) is 10.7. The summed E-state index contributed by atoms with van der Waals surface area (Å²) in [5.41, 5.74) is 1.14. The van der Waals surface area contributed by atoms with Gasteiger partial charge in [0.1, 0.15) is 10.7 Å². The van der Waals surface area contributed by atoms with E-state index >= 15 is 0 Å². The highest BCUT2D eigenvalue weighted by Crippen LogP contribution is 2.34. The minimum atomic E-state index is -3.04. The summed E-state index contributed by atoms with van der Waals surface area (Å²) in [6.07, 6.45) is 0.444. The van der Waals surface area contributed by atoms with Crippen LogP contribution in [-0.2, 0) is 9.84 Å². The average Bonchev–Trinajstić information content (AvgIpc) is 3.16. The predicted octanol–water partition coefficient (Wildman–Crippen LogP) is 2.05. The van der Waals surface area contributed by atoms with E-state index in [-0.39, 0.29) is 23.5 Å². The van der Waals surface area contributed by atoms with Gasteiger partial charge in [0.25, 0.3) is 5.91 Å². The number of hydrogen-bond acceptors (Lipinski definition) is 7. The molecule has 26 heavy (non-hydrogen) atoms. The molecule has 0 bridgehead atoms. The number of ether oxygens (including phenoxy) is 2. The van der Waals surface area contributed by atoms with E-state index < -0.39 is 9.84 Å². The highest BCUT2D eigenvalue weighted by Gasteiger charge is 2.30. The van der Waals surface area contributed by atoms with Crippen molar-refractivity contribution < 1.29 is 22.7 Å². The molecule has 0 spiro atoms. The second-order valence-electron chi connectivity index (χ2n) is 6.07. The van der Waals surface area contributed by atoms with Crippen LogP contribution < -0.4 is 14.8 Å². The standard InChI is InChI=1S/C17H20N2O5S2/c1-10-15(16(20)18-12-6-7-26(21,22)9-12)19-17(25-10)11-4-5-13(23-2)14(8-11)24-3/h4-5,8,12H,6-7,9H2,1-3H3,(H,18,20)/t12-/m0/s1. The molecule has 3 rings (SSSR count). The van der Waals surface area contributed by atoms with Crippen molar-refractivity contribution in [3.8, 4) is 22.1 Å². The molecule has 1 aliphatic rings. The molecule has 0 aliphatic carbocycles. The van der Waals surface area contributed by atoms with E-state index in [1.807, 2.05) is 19.1 Å². The molecule has 1 fully saturated rings. The summed E-state index contributed by atoms with van der Waals surface area (Å²) in [7, 11) is 0.0812. The molecule has 7 nitrogen and oxygen atoms in total. The molecule has 1 saturated heterocycles. The van der Waals surface area contributed by atoms with Crippen molar-refractivity contribution in [2.24, 2.45) is 0 Å². The number of benzene rings is 1. The van der Waals surface area contributed by atoms with Crippen LogP contribution in [0.1, 0.15) is 21.8 Å². The third-order valence-corrected chi connectivity index (χ3v) is 7.00. The maximum Gasteiger partial charge on any atom is 0.271 e. The minimum Gasteiger partial charge on any atom is -0.493 e. The van der Waals surface area contributed by atoms with Gasteiger partial charge < -0.3 is 14.8 Å². The van der Waals surface area contributed by atoms with Crippen molar-refractivity contribution in [2.45, 2.75) is 19.4 Å². The quantitative estimate of drug-likeness (QED) is 0.831. The predicted molar refractivity (Wildman–Crippen MR) is 99.9 cm³/mol. The van der Waals surface area contributed by atoms with Gasteiger partial charge in [-0.25, -0.2) is 13.4 Å². The number of methoxy groups -OCH3 is 2. The zero-order chi connectivity index (χ0) is 18.9. The number of thiazole rings is 1.